The maximum Gasteiger partial charge on any atom is 0.316 e. The summed E-state index contributed by atoms with van der Waals surface area (Å²) in [6.07, 6.45) is 0. The highest BCUT2D eigenvalue weighted by atomic mass is 32.2. The first kappa shape index (κ1) is 12.8. The third kappa shape index (κ3) is 3.69. The summed E-state index contributed by atoms with van der Waals surface area (Å²) < 4.78 is 4.55. The minimum Gasteiger partial charge on any atom is -0.468 e. The molecule has 0 aromatic carbocycles. The van der Waals surface area contributed by atoms with Crippen molar-refractivity contribution in [1.29, 1.82) is 0 Å². The number of rotatable bonds is 4. The van der Waals surface area contributed by atoms with Crippen molar-refractivity contribution in [1.82, 2.24) is 9.97 Å². The van der Waals surface area contributed by atoms with Gasteiger partial charge in [0.1, 0.15) is 5.82 Å². The summed E-state index contributed by atoms with van der Waals surface area (Å²) in [6.45, 7) is 1.90. The summed E-state index contributed by atoms with van der Waals surface area (Å²) in [5, 5.41) is 0.592. The molecule has 0 aliphatic heterocycles. The number of esters is 1. The second-order valence-electron chi connectivity index (χ2n) is 3.41. The van der Waals surface area contributed by atoms with E-state index in [1.165, 1.54) is 18.9 Å². The highest BCUT2D eigenvalue weighted by Gasteiger charge is 2.07. The van der Waals surface area contributed by atoms with Gasteiger partial charge in [0.2, 0.25) is 0 Å². The smallest absolute Gasteiger partial charge is 0.316 e. The van der Waals surface area contributed by atoms with Crippen LogP contribution in [0.3, 0.4) is 0 Å². The number of anilines is 1. The number of aromatic nitrogens is 2. The summed E-state index contributed by atoms with van der Waals surface area (Å²) >= 11 is 1.28. The van der Waals surface area contributed by atoms with Crippen LogP contribution in [0.2, 0.25) is 0 Å². The minimum atomic E-state index is -0.276. The summed E-state index contributed by atoms with van der Waals surface area (Å²) in [5.41, 5.74) is 0.881. The van der Waals surface area contributed by atoms with E-state index in [1.807, 2.05) is 32.0 Å². The molecular weight excluding hydrogens is 226 g/mol. The number of nitrogens with zero attached hydrogens (tertiary/aromatic N) is 3. The van der Waals surface area contributed by atoms with Crippen LogP contribution in [-0.2, 0) is 9.53 Å². The summed E-state index contributed by atoms with van der Waals surface area (Å²) in [5.74, 6) is 0.786. The van der Waals surface area contributed by atoms with Crippen LogP contribution in [0.5, 0.6) is 0 Å². The van der Waals surface area contributed by atoms with E-state index < -0.39 is 0 Å². The van der Waals surface area contributed by atoms with Crippen molar-refractivity contribution in [3.8, 4) is 0 Å². The molecule has 0 spiro atoms. The Hall–Kier alpha value is -1.30. The Bertz CT molecular complexity index is 382. The summed E-state index contributed by atoms with van der Waals surface area (Å²) in [7, 11) is 5.19. The Labute approximate surface area is 99.2 Å². The van der Waals surface area contributed by atoms with Crippen molar-refractivity contribution >= 4 is 23.5 Å². The quantitative estimate of drug-likeness (QED) is 0.447. The van der Waals surface area contributed by atoms with Gasteiger partial charge in [-0.1, -0.05) is 11.8 Å². The van der Waals surface area contributed by atoms with Crippen molar-refractivity contribution in [3.63, 3.8) is 0 Å². The average Bonchev–Trinajstić information content (AvgIpc) is 2.25. The van der Waals surface area contributed by atoms with Crippen LogP contribution in [-0.4, -0.2) is 42.9 Å². The van der Waals surface area contributed by atoms with Crippen LogP contribution in [0.25, 0.3) is 0 Å². The summed E-state index contributed by atoms with van der Waals surface area (Å²) in [6, 6.07) is 1.89. The molecule has 88 valence electrons. The predicted octanol–water partition coefficient (Wildman–Crippen LogP) is 1.12. The van der Waals surface area contributed by atoms with E-state index in [4.69, 9.17) is 0 Å². The largest absolute Gasteiger partial charge is 0.468 e. The molecule has 0 radical (unpaired) electrons. The van der Waals surface area contributed by atoms with Gasteiger partial charge in [-0.25, -0.2) is 9.97 Å². The highest BCUT2D eigenvalue weighted by molar-refractivity contribution is 7.99. The van der Waals surface area contributed by atoms with Gasteiger partial charge in [0, 0.05) is 25.9 Å². The Morgan fingerprint density at radius 1 is 1.50 bits per heavy atom. The topological polar surface area (TPSA) is 55.3 Å². The molecule has 0 atom stereocenters. The molecule has 6 heteroatoms. The first-order valence-electron chi connectivity index (χ1n) is 4.75. The van der Waals surface area contributed by atoms with Crippen LogP contribution in [0.1, 0.15) is 5.69 Å². The Kier molecular flexibility index (Phi) is 4.54. The molecule has 0 saturated heterocycles. The van der Waals surface area contributed by atoms with Crippen LogP contribution in [0.4, 0.5) is 5.82 Å². The number of hydrogen-bond donors (Lipinski definition) is 0. The lowest BCUT2D eigenvalue weighted by Crippen LogP contribution is -2.12. The standard InChI is InChI=1S/C10H15N3O2S/c1-7-5-8(13(2)3)12-10(11-7)16-6-9(14)15-4/h5H,6H2,1-4H3. The van der Waals surface area contributed by atoms with Gasteiger partial charge >= 0.3 is 5.97 Å². The van der Waals surface area contributed by atoms with E-state index >= 15 is 0 Å². The molecular formula is C10H15N3O2S. The van der Waals surface area contributed by atoms with Crippen LogP contribution in [0.15, 0.2) is 11.2 Å². The molecule has 16 heavy (non-hydrogen) atoms. The molecule has 0 aliphatic carbocycles. The Morgan fingerprint density at radius 2 is 2.19 bits per heavy atom. The van der Waals surface area contributed by atoms with Gasteiger partial charge in [0.05, 0.1) is 12.9 Å². The van der Waals surface area contributed by atoms with Crippen molar-refractivity contribution in [2.24, 2.45) is 0 Å². The van der Waals surface area contributed by atoms with Crippen LogP contribution >= 0.6 is 11.8 Å². The van der Waals surface area contributed by atoms with Gasteiger partial charge in [-0.05, 0) is 6.92 Å². The number of ether oxygens (including phenoxy) is 1. The zero-order valence-corrected chi connectivity index (χ0v) is 10.7. The van der Waals surface area contributed by atoms with E-state index in [0.717, 1.165) is 11.5 Å². The van der Waals surface area contributed by atoms with Crippen molar-refractivity contribution < 1.29 is 9.53 Å². The predicted molar refractivity (Wildman–Crippen MR) is 63.8 cm³/mol. The zero-order chi connectivity index (χ0) is 12.1. The molecule has 0 unspecified atom stereocenters. The van der Waals surface area contributed by atoms with Crippen LogP contribution in [0, 0.1) is 6.92 Å². The monoisotopic (exact) mass is 241 g/mol. The number of carbonyl (C=O) groups is 1. The third-order valence-electron chi connectivity index (χ3n) is 1.83. The molecule has 0 amide bonds. The molecule has 5 nitrogen and oxygen atoms in total. The average molecular weight is 241 g/mol. The zero-order valence-electron chi connectivity index (χ0n) is 9.85. The Balaban J connectivity index is 2.76. The van der Waals surface area contributed by atoms with Gasteiger partial charge in [-0.2, -0.15) is 0 Å². The van der Waals surface area contributed by atoms with E-state index in [9.17, 15) is 4.79 Å². The second-order valence-corrected chi connectivity index (χ2v) is 4.35. The molecule has 1 aromatic heterocycles. The fourth-order valence-corrected chi connectivity index (χ4v) is 1.73. The fraction of sp³-hybridized carbons (Fsp3) is 0.500. The van der Waals surface area contributed by atoms with Gasteiger partial charge in [0.25, 0.3) is 0 Å². The van der Waals surface area contributed by atoms with Crippen molar-refractivity contribution in [3.05, 3.63) is 11.8 Å². The molecule has 1 rings (SSSR count). The second kappa shape index (κ2) is 5.69. The SMILES string of the molecule is COC(=O)CSc1nc(C)cc(N(C)C)n1. The van der Waals surface area contributed by atoms with Crippen LogP contribution < -0.4 is 4.90 Å². The maximum absolute atomic E-state index is 11.0. The van der Waals surface area contributed by atoms with Gasteiger partial charge < -0.3 is 9.64 Å². The lowest BCUT2D eigenvalue weighted by Gasteiger charge is -2.12. The van der Waals surface area contributed by atoms with E-state index in [1.54, 1.807) is 0 Å². The number of hydrogen-bond acceptors (Lipinski definition) is 6. The maximum atomic E-state index is 11.0. The third-order valence-corrected chi connectivity index (χ3v) is 2.65. The van der Waals surface area contributed by atoms with Gasteiger partial charge in [-0.15, -0.1) is 0 Å². The number of carbonyl (C=O) groups excluding carboxylic acids is 1. The van der Waals surface area contributed by atoms with Gasteiger partial charge in [-0.3, -0.25) is 4.79 Å². The molecule has 0 fully saturated rings. The molecule has 0 N–H and O–H groups in total. The minimum absolute atomic E-state index is 0.229. The van der Waals surface area contributed by atoms with E-state index in [0.29, 0.717) is 5.16 Å². The number of thioether (sulfide) groups is 1. The molecule has 0 aliphatic rings. The molecule has 1 heterocycles. The highest BCUT2D eigenvalue weighted by Crippen LogP contribution is 2.17. The first-order chi connectivity index (χ1) is 7.52. The lowest BCUT2D eigenvalue weighted by atomic mass is 10.4. The van der Waals surface area contributed by atoms with E-state index in [-0.39, 0.29) is 11.7 Å². The molecule has 0 bridgehead atoms. The lowest BCUT2D eigenvalue weighted by molar-refractivity contribution is -0.137. The number of methoxy groups -OCH3 is 1. The Morgan fingerprint density at radius 3 is 2.75 bits per heavy atom. The van der Waals surface area contributed by atoms with Crippen molar-refractivity contribution in [2.45, 2.75) is 12.1 Å². The molecule has 1 aromatic rings. The van der Waals surface area contributed by atoms with E-state index in [2.05, 4.69) is 14.7 Å². The summed E-state index contributed by atoms with van der Waals surface area (Å²) in [4.78, 5) is 21.4. The molecule has 0 saturated carbocycles. The first-order valence-corrected chi connectivity index (χ1v) is 5.74. The normalized spacial score (nSPS) is 10.0. The number of aryl methyl sites for hydroxylation is 1. The van der Waals surface area contributed by atoms with Crippen molar-refractivity contribution in [2.75, 3.05) is 31.9 Å². The van der Waals surface area contributed by atoms with Gasteiger partial charge in [0.15, 0.2) is 5.16 Å². The fourth-order valence-electron chi connectivity index (χ4n) is 1.00.